The molecule has 5 aliphatic rings. The summed E-state index contributed by atoms with van der Waals surface area (Å²) in [6, 6.07) is 108. The van der Waals surface area contributed by atoms with Crippen LogP contribution in [0.25, 0.3) is 159 Å². The van der Waals surface area contributed by atoms with Crippen molar-refractivity contribution in [3.05, 3.63) is 390 Å². The predicted octanol–water partition coefficient (Wildman–Crippen LogP) is 26.8. The van der Waals surface area contributed by atoms with Gasteiger partial charge in [-0.15, -0.1) is 56.7 Å². The van der Waals surface area contributed by atoms with Crippen LogP contribution in [0.15, 0.2) is 334 Å². The van der Waals surface area contributed by atoms with E-state index >= 15 is 0 Å². The highest BCUT2D eigenvalue weighted by Gasteiger charge is 2.36. The van der Waals surface area contributed by atoms with Crippen molar-refractivity contribution in [2.24, 2.45) is 0 Å². The second-order valence-electron chi connectivity index (χ2n) is 32.6. The van der Waals surface area contributed by atoms with E-state index in [2.05, 4.69) is 374 Å². The molecule has 0 saturated heterocycles. The molecule has 0 bridgehead atoms. The van der Waals surface area contributed by atoms with Gasteiger partial charge in [-0.05, 0) is 150 Å². The van der Waals surface area contributed by atoms with Crippen LogP contribution in [0.5, 0.6) is 0 Å². The number of benzene rings is 10. The summed E-state index contributed by atoms with van der Waals surface area (Å²) in [7, 11) is 0. The highest BCUT2D eigenvalue weighted by Crippen LogP contribution is 2.47. The lowest BCUT2D eigenvalue weighted by Crippen LogP contribution is -2.31. The Morgan fingerprint density at radius 3 is 0.966 bits per heavy atom. The maximum Gasteiger partial charge on any atom is 0.222 e. The summed E-state index contributed by atoms with van der Waals surface area (Å²) in [6.45, 7) is 18.1. The first-order chi connectivity index (χ1) is 57.7. The number of halogens is 1. The second kappa shape index (κ2) is 30.0. The SMILES string of the molecule is CC(C)(C)c1ccc2c(c1)C[n+]1ccc3sc(-c4ccccc4)cc3c1-2.Cc1cc(C)c2c(c1)C[n+]1ccc3sc(-c4ccccc4)cc3c1-2.Cc1ccc2c(c1)C[n+]1ccc3sc(-c4ccccc4)cc3c1-2.Fc1ccc2c(c1)C[n+]1ccc3sc(-c4ccccc4)cc3c1-2.c1ccc(-c2cc3c4[n+](ccc3s2)Cc2ccccc2-4)cc1. The van der Waals surface area contributed by atoms with Crippen molar-refractivity contribution in [3.8, 4) is 108 Å². The monoisotopic (exact) mass is 1620 g/mol. The van der Waals surface area contributed by atoms with Gasteiger partial charge in [0.15, 0.2) is 63.7 Å². The number of nitrogens with zero attached hydrogens (tertiary/aromatic N) is 5. The average molecular weight is 1620 g/mol. The van der Waals surface area contributed by atoms with Crippen molar-refractivity contribution in [2.75, 3.05) is 0 Å². The first-order valence-electron chi connectivity index (χ1n) is 40.5. The van der Waals surface area contributed by atoms with E-state index < -0.39 is 0 Å². The van der Waals surface area contributed by atoms with Gasteiger partial charge in [-0.25, -0.2) is 4.39 Å². The quantitative estimate of drug-likeness (QED) is 0.153. The topological polar surface area (TPSA) is 19.4 Å². The maximum atomic E-state index is 13.5. The average Bonchev–Trinajstić information content (AvgIpc) is 1.62. The van der Waals surface area contributed by atoms with Gasteiger partial charge in [0.2, 0.25) is 28.5 Å². The van der Waals surface area contributed by atoms with Crippen molar-refractivity contribution < 1.29 is 27.2 Å². The maximum absolute atomic E-state index is 13.5. The Balaban J connectivity index is 0.0000000918. The number of aromatic nitrogens is 5. The highest BCUT2D eigenvalue weighted by atomic mass is 32.1. The van der Waals surface area contributed by atoms with Gasteiger partial charge in [-0.2, -0.15) is 22.8 Å². The molecule has 0 aliphatic carbocycles. The van der Waals surface area contributed by atoms with E-state index in [1.165, 1.54) is 198 Å². The van der Waals surface area contributed by atoms with Gasteiger partial charge in [0.25, 0.3) is 0 Å². The van der Waals surface area contributed by atoms with Crippen molar-refractivity contribution in [2.45, 2.75) is 79.7 Å². The molecule has 0 radical (unpaired) electrons. The van der Waals surface area contributed by atoms with E-state index in [1.54, 1.807) is 23.5 Å². The molecule has 0 atom stereocenters. The number of pyridine rings is 5. The van der Waals surface area contributed by atoms with Gasteiger partial charge in [0.05, 0.1) is 54.7 Å². The van der Waals surface area contributed by atoms with Gasteiger partial charge in [0.1, 0.15) is 5.82 Å². The Bertz CT molecular complexity index is 7180. The van der Waals surface area contributed by atoms with Crippen LogP contribution in [0, 0.1) is 26.6 Å². The fraction of sp³-hybridized carbons (Fsp3) is 0.112. The minimum atomic E-state index is -0.163. The molecule has 0 unspecified atom stereocenters. The standard InChI is InChI=1S/C24H22NS.C22H18NS.C21H16NS.C20H13FNS.C20H14NS/c1-24(2,3)18-9-10-19-17(13-18)15-25-12-11-21-20(23(19)25)14-22(26-21)16-7-5-4-6-8-16;1-14-10-15(2)21-17(11-14)13-23-9-8-19-18(22(21)23)12-20(24-19)16-6-4-3-5-7-16;1-14-7-8-17-16(11-14)13-22-10-9-19-18(21(17)22)12-20(23-19)15-5-3-2-4-6-15;21-15-6-7-16-14(10-15)12-22-9-8-18-17(20(16)22)11-19(23-18)13-4-2-1-3-5-13;1-2-6-14(7-3-1)19-12-17-18(22-19)10-11-21-13-15-8-4-5-9-16(15)20(17)21/h4-14H,15H2,1-3H3;3-12H,13H2,1-2H3;2-12H,13H2,1H3;1-11H,12H2;1-12H,13H2/q5*+1. The molecule has 118 heavy (non-hydrogen) atoms. The predicted molar refractivity (Wildman–Crippen MR) is 493 cm³/mol. The minimum absolute atomic E-state index is 0.163. The van der Waals surface area contributed by atoms with Crippen LogP contribution in [-0.4, -0.2) is 0 Å². The van der Waals surface area contributed by atoms with Gasteiger partial charge in [-0.1, -0.05) is 220 Å². The summed E-state index contributed by atoms with van der Waals surface area (Å²) in [4.78, 5) is 6.64. The smallest absolute Gasteiger partial charge is 0.207 e. The fourth-order valence-electron chi connectivity index (χ4n) is 18.1. The summed E-state index contributed by atoms with van der Waals surface area (Å²) in [5, 5.41) is 6.75. The molecule has 15 heterocycles. The van der Waals surface area contributed by atoms with E-state index in [-0.39, 0.29) is 11.2 Å². The molecule has 5 aliphatic heterocycles. The molecular weight excluding hydrogens is 1530 g/mol. The van der Waals surface area contributed by atoms with E-state index in [0.717, 1.165) is 43.9 Å². The zero-order chi connectivity index (χ0) is 79.4. The van der Waals surface area contributed by atoms with Crippen LogP contribution in [0.4, 0.5) is 4.39 Å². The third-order valence-corrected chi connectivity index (χ3v) is 29.4. The van der Waals surface area contributed by atoms with Gasteiger partial charge < -0.3 is 0 Å². The number of thiophene rings is 5. The van der Waals surface area contributed by atoms with Gasteiger partial charge >= 0.3 is 0 Å². The first kappa shape index (κ1) is 73.3. The molecule has 25 rings (SSSR count). The van der Waals surface area contributed by atoms with Crippen molar-refractivity contribution in [1.29, 1.82) is 0 Å². The molecule has 0 spiro atoms. The van der Waals surface area contributed by atoms with Crippen molar-refractivity contribution in [1.82, 2.24) is 0 Å². The number of hydrogen-bond donors (Lipinski definition) is 0. The summed E-state index contributed by atoms with van der Waals surface area (Å²) in [5.74, 6) is -0.163. The number of fused-ring (bicyclic) bond motifs is 25. The Labute approximate surface area is 707 Å². The van der Waals surface area contributed by atoms with Crippen LogP contribution in [0.3, 0.4) is 0 Å². The molecule has 0 saturated carbocycles. The van der Waals surface area contributed by atoms with E-state index in [0.29, 0.717) is 0 Å². The van der Waals surface area contributed by atoms with Gasteiger partial charge in [-0.3, -0.25) is 0 Å². The summed E-state index contributed by atoms with van der Waals surface area (Å²) >= 11 is 9.34. The highest BCUT2D eigenvalue weighted by molar-refractivity contribution is 7.24. The Kier molecular flexibility index (Phi) is 18.6. The van der Waals surface area contributed by atoms with Crippen LogP contribution in [-0.2, 0) is 38.1 Å². The van der Waals surface area contributed by atoms with Crippen LogP contribution >= 0.6 is 56.7 Å². The Morgan fingerprint density at radius 1 is 0.263 bits per heavy atom. The van der Waals surface area contributed by atoms with Gasteiger partial charge in [0, 0.05) is 106 Å². The molecule has 5 nitrogen and oxygen atoms in total. The number of rotatable bonds is 5. The molecule has 11 heteroatoms. The molecule has 0 fully saturated rings. The molecule has 20 aromatic rings. The third kappa shape index (κ3) is 13.5. The Morgan fingerprint density at radius 2 is 0.568 bits per heavy atom. The van der Waals surface area contributed by atoms with Crippen LogP contribution in [0.2, 0.25) is 0 Å². The zero-order valence-corrected chi connectivity index (χ0v) is 70.5. The largest absolute Gasteiger partial charge is 0.222 e. The molecule has 0 N–H and O–H groups in total. The lowest BCUT2D eigenvalue weighted by molar-refractivity contribution is -0.671. The molecular formula is C107H83FN5S5+5. The minimum Gasteiger partial charge on any atom is -0.207 e. The lowest BCUT2D eigenvalue weighted by atomic mass is 9.85. The third-order valence-electron chi connectivity index (χ3n) is 23.7. The second-order valence-corrected chi connectivity index (χ2v) is 38.0. The van der Waals surface area contributed by atoms with Crippen molar-refractivity contribution >= 4 is 107 Å². The Hall–Kier alpha value is -12.3. The van der Waals surface area contributed by atoms with Crippen LogP contribution in [0.1, 0.15) is 70.8 Å². The molecule has 568 valence electrons. The van der Waals surface area contributed by atoms with E-state index in [1.807, 2.05) is 57.5 Å². The normalized spacial score (nSPS) is 12.5. The number of aryl methyl sites for hydroxylation is 3. The number of hydrogen-bond acceptors (Lipinski definition) is 5. The molecule has 10 aromatic heterocycles. The van der Waals surface area contributed by atoms with E-state index in [9.17, 15) is 4.39 Å². The molecule has 10 aromatic carbocycles. The first-order valence-corrected chi connectivity index (χ1v) is 44.6. The van der Waals surface area contributed by atoms with Crippen LogP contribution < -0.4 is 22.8 Å². The zero-order valence-electron chi connectivity index (χ0n) is 66.4. The van der Waals surface area contributed by atoms with E-state index in [4.69, 9.17) is 0 Å². The lowest BCUT2D eigenvalue weighted by Gasteiger charge is -2.19. The fourth-order valence-corrected chi connectivity index (χ4v) is 23.4. The summed E-state index contributed by atoms with van der Waals surface area (Å²) < 4.78 is 32.0. The summed E-state index contributed by atoms with van der Waals surface area (Å²) in [5.41, 5.74) is 32.4. The van der Waals surface area contributed by atoms with Crippen molar-refractivity contribution in [3.63, 3.8) is 0 Å². The summed E-state index contributed by atoms with van der Waals surface area (Å²) in [6.07, 6.45) is 11.1. The molecule has 0 amide bonds.